The van der Waals surface area contributed by atoms with Crippen LogP contribution in [0.4, 0.5) is 13.2 Å². The molecule has 0 saturated heterocycles. The van der Waals surface area contributed by atoms with Crippen molar-refractivity contribution >= 4 is 0 Å². The summed E-state index contributed by atoms with van der Waals surface area (Å²) in [5.41, 5.74) is 0.221. The molecule has 0 saturated carbocycles. The minimum atomic E-state index is -4.38. The predicted octanol–water partition coefficient (Wildman–Crippen LogP) is 4.86. The van der Waals surface area contributed by atoms with Crippen LogP contribution < -0.4 is 0 Å². The van der Waals surface area contributed by atoms with E-state index in [9.17, 15) is 13.2 Å². The van der Waals surface area contributed by atoms with Crippen LogP contribution in [0.25, 0.3) is 0 Å². The highest BCUT2D eigenvalue weighted by molar-refractivity contribution is 5.54. The molecule has 0 aromatic heterocycles. The molecular weight excluding hydrogens is 249 g/mol. The van der Waals surface area contributed by atoms with E-state index in [0.717, 1.165) is 6.07 Å². The van der Waals surface area contributed by atoms with Crippen molar-refractivity contribution < 1.29 is 13.2 Å². The van der Waals surface area contributed by atoms with Crippen molar-refractivity contribution in [1.29, 1.82) is 0 Å². The second kappa shape index (κ2) is 5.31. The van der Waals surface area contributed by atoms with Crippen molar-refractivity contribution in [3.63, 3.8) is 0 Å². The van der Waals surface area contributed by atoms with E-state index in [0.29, 0.717) is 11.5 Å². The Labute approximate surface area is 110 Å². The molecule has 0 unspecified atom stereocenters. The lowest BCUT2D eigenvalue weighted by Gasteiger charge is -2.18. The maximum atomic E-state index is 13.0. The van der Waals surface area contributed by atoms with Gasteiger partial charge in [0.25, 0.3) is 0 Å². The van der Waals surface area contributed by atoms with E-state index < -0.39 is 11.7 Å². The minimum Gasteiger partial charge on any atom is -0.166 e. The predicted molar refractivity (Wildman–Crippen MR) is 69.5 cm³/mol. The Morgan fingerprint density at radius 3 is 2.05 bits per heavy atom. The molecule has 0 bridgehead atoms. The van der Waals surface area contributed by atoms with Crippen molar-refractivity contribution in [2.45, 2.75) is 6.18 Å². The molecule has 0 spiro atoms. The van der Waals surface area contributed by atoms with E-state index in [1.54, 1.807) is 30.3 Å². The van der Waals surface area contributed by atoms with E-state index in [1.807, 2.05) is 6.07 Å². The van der Waals surface area contributed by atoms with Crippen molar-refractivity contribution in [3.8, 4) is 0 Å². The van der Waals surface area contributed by atoms with Crippen LogP contribution in [-0.2, 0) is 6.18 Å². The van der Waals surface area contributed by atoms with Crippen LogP contribution in [0.5, 0.6) is 0 Å². The fourth-order valence-corrected chi connectivity index (χ4v) is 1.97. The summed E-state index contributed by atoms with van der Waals surface area (Å²) in [6, 6.07) is 14.5. The molecule has 2 rings (SSSR count). The smallest absolute Gasteiger partial charge is 0.166 e. The van der Waals surface area contributed by atoms with Crippen molar-refractivity contribution in [2.75, 3.05) is 0 Å². The van der Waals surface area contributed by atoms with Gasteiger partial charge >= 0.3 is 6.18 Å². The number of benzene rings is 2. The number of alkyl halides is 3. The van der Waals surface area contributed by atoms with Crippen LogP contribution in [-0.4, -0.2) is 0 Å². The summed E-state index contributed by atoms with van der Waals surface area (Å²) in [5.74, 6) is 0.480. The highest BCUT2D eigenvalue weighted by Crippen LogP contribution is 2.37. The first-order valence-electron chi connectivity index (χ1n) is 5.75. The topological polar surface area (TPSA) is 0 Å². The second-order valence-electron chi connectivity index (χ2n) is 4.03. The molecule has 2 aromatic rings. The van der Waals surface area contributed by atoms with Gasteiger partial charge in [-0.3, -0.25) is 0 Å². The van der Waals surface area contributed by atoms with Crippen molar-refractivity contribution in [3.05, 3.63) is 89.9 Å². The standard InChI is InChI=1S/C16H12F3/c1-2-13(12-8-4-3-5-9-12)14-10-6-7-11-15(14)16(17,18)19/h2-11H,1H2. The van der Waals surface area contributed by atoms with Gasteiger partial charge in [-0.05, 0) is 17.2 Å². The van der Waals surface area contributed by atoms with Crippen LogP contribution in [0, 0.1) is 5.92 Å². The van der Waals surface area contributed by atoms with E-state index >= 15 is 0 Å². The molecule has 0 atom stereocenters. The van der Waals surface area contributed by atoms with Crippen LogP contribution in [0.1, 0.15) is 16.7 Å². The molecule has 1 radical (unpaired) electrons. The largest absolute Gasteiger partial charge is 0.416 e. The summed E-state index contributed by atoms with van der Waals surface area (Å²) >= 11 is 0. The maximum absolute atomic E-state index is 13.0. The Morgan fingerprint density at radius 2 is 1.47 bits per heavy atom. The molecule has 2 aromatic carbocycles. The number of hydrogen-bond donors (Lipinski definition) is 0. The average Bonchev–Trinajstić information content (AvgIpc) is 2.40. The normalized spacial score (nSPS) is 11.6. The molecule has 3 heteroatoms. The molecule has 0 aliphatic rings. The SMILES string of the molecule is C=C[C](c1ccccc1)c1ccccc1C(F)(F)F. The molecule has 97 valence electrons. The summed E-state index contributed by atoms with van der Waals surface area (Å²) in [4.78, 5) is 0. The van der Waals surface area contributed by atoms with Gasteiger partial charge in [-0.2, -0.15) is 13.2 Å². The van der Waals surface area contributed by atoms with E-state index in [2.05, 4.69) is 6.58 Å². The molecular formula is C16H12F3. The van der Waals surface area contributed by atoms with Gasteiger partial charge in [0.15, 0.2) is 0 Å². The van der Waals surface area contributed by atoms with Crippen LogP contribution in [0.3, 0.4) is 0 Å². The highest BCUT2D eigenvalue weighted by Gasteiger charge is 2.34. The zero-order valence-corrected chi connectivity index (χ0v) is 10.1. The summed E-state index contributed by atoms with van der Waals surface area (Å²) in [6.07, 6.45) is -2.92. The van der Waals surface area contributed by atoms with Gasteiger partial charge in [0.2, 0.25) is 0 Å². The molecule has 0 fully saturated rings. The lowest BCUT2D eigenvalue weighted by molar-refractivity contribution is -0.138. The first-order chi connectivity index (χ1) is 9.04. The van der Waals surface area contributed by atoms with Crippen molar-refractivity contribution in [2.24, 2.45) is 0 Å². The van der Waals surface area contributed by atoms with Gasteiger partial charge in [0.1, 0.15) is 0 Å². The summed E-state index contributed by atoms with van der Waals surface area (Å²) in [5, 5.41) is 0. The molecule has 0 heterocycles. The Bertz CT molecular complexity index is 556. The number of allylic oxidation sites excluding steroid dienone is 1. The minimum absolute atomic E-state index is 0.149. The third-order valence-corrected chi connectivity index (χ3v) is 2.81. The van der Waals surface area contributed by atoms with Gasteiger partial charge in [-0.15, -0.1) is 6.58 Å². The highest BCUT2D eigenvalue weighted by atomic mass is 19.4. The molecule has 0 aliphatic heterocycles. The Kier molecular flexibility index (Phi) is 3.74. The fourth-order valence-electron chi connectivity index (χ4n) is 1.97. The average molecular weight is 261 g/mol. The monoisotopic (exact) mass is 261 g/mol. The van der Waals surface area contributed by atoms with Gasteiger partial charge in [0.05, 0.1) is 11.5 Å². The Balaban J connectivity index is 2.54. The van der Waals surface area contributed by atoms with E-state index in [-0.39, 0.29) is 5.56 Å². The number of halogens is 3. The van der Waals surface area contributed by atoms with Gasteiger partial charge in [-0.1, -0.05) is 54.6 Å². The quantitative estimate of drug-likeness (QED) is 0.740. The lowest BCUT2D eigenvalue weighted by atomic mass is 9.88. The molecule has 19 heavy (non-hydrogen) atoms. The Hall–Kier alpha value is -2.03. The van der Waals surface area contributed by atoms with Gasteiger partial charge in [0, 0.05) is 0 Å². The fraction of sp³-hybridized carbons (Fsp3) is 0.0625. The first kappa shape index (κ1) is 13.4. The second-order valence-corrected chi connectivity index (χ2v) is 4.03. The van der Waals surface area contributed by atoms with E-state index in [4.69, 9.17) is 0 Å². The first-order valence-corrected chi connectivity index (χ1v) is 5.75. The van der Waals surface area contributed by atoms with Crippen LogP contribution in [0.2, 0.25) is 0 Å². The van der Waals surface area contributed by atoms with Crippen LogP contribution >= 0.6 is 0 Å². The third kappa shape index (κ3) is 2.87. The Morgan fingerprint density at radius 1 is 0.895 bits per heavy atom. The summed E-state index contributed by atoms with van der Waals surface area (Å²) in [6.45, 7) is 3.63. The summed E-state index contributed by atoms with van der Waals surface area (Å²) in [7, 11) is 0. The lowest BCUT2D eigenvalue weighted by Crippen LogP contribution is -2.12. The number of hydrogen-bond acceptors (Lipinski definition) is 0. The zero-order valence-electron chi connectivity index (χ0n) is 10.1. The molecule has 0 aliphatic carbocycles. The third-order valence-electron chi connectivity index (χ3n) is 2.81. The van der Waals surface area contributed by atoms with Crippen molar-refractivity contribution in [1.82, 2.24) is 0 Å². The molecule has 0 amide bonds. The zero-order chi connectivity index (χ0) is 13.9. The number of rotatable bonds is 3. The van der Waals surface area contributed by atoms with Gasteiger partial charge < -0.3 is 0 Å². The summed E-state index contributed by atoms with van der Waals surface area (Å²) < 4.78 is 39.0. The van der Waals surface area contributed by atoms with E-state index in [1.165, 1.54) is 18.2 Å². The van der Waals surface area contributed by atoms with Crippen LogP contribution in [0.15, 0.2) is 67.3 Å². The molecule has 0 N–H and O–H groups in total. The maximum Gasteiger partial charge on any atom is 0.416 e. The molecule has 0 nitrogen and oxygen atoms in total. The van der Waals surface area contributed by atoms with Gasteiger partial charge in [-0.25, -0.2) is 0 Å².